The molecular weight excluding hydrogens is 266 g/mol. The maximum atomic E-state index is 11.2. The molecule has 0 N–H and O–H groups in total. The maximum Gasteiger partial charge on any atom is 0.305 e. The molecule has 112 valence electrons. The van der Waals surface area contributed by atoms with Crippen LogP contribution in [0.1, 0.15) is 40.5 Å². The van der Waals surface area contributed by atoms with Crippen molar-refractivity contribution in [3.63, 3.8) is 0 Å². The van der Waals surface area contributed by atoms with Crippen molar-refractivity contribution in [3.05, 3.63) is 10.4 Å². The van der Waals surface area contributed by atoms with Crippen molar-refractivity contribution in [1.29, 1.82) is 0 Å². The summed E-state index contributed by atoms with van der Waals surface area (Å²) >= 11 is 0. The van der Waals surface area contributed by atoms with Gasteiger partial charge in [-0.2, -0.15) is 0 Å². The summed E-state index contributed by atoms with van der Waals surface area (Å²) in [5.74, 6) is -1.12. The van der Waals surface area contributed by atoms with Crippen LogP contribution in [0.3, 0.4) is 0 Å². The van der Waals surface area contributed by atoms with Gasteiger partial charge >= 0.3 is 11.9 Å². The predicted octanol–water partition coefficient (Wildman–Crippen LogP) is 2.08. The van der Waals surface area contributed by atoms with Crippen molar-refractivity contribution in [2.75, 3.05) is 0 Å². The second-order valence-corrected chi connectivity index (χ2v) is 4.59. The summed E-state index contributed by atoms with van der Waals surface area (Å²) in [4.78, 5) is 25.1. The predicted molar refractivity (Wildman–Crippen MR) is 68.4 cm³/mol. The molecule has 1 saturated heterocycles. The van der Waals surface area contributed by atoms with Crippen LogP contribution in [0.25, 0.3) is 10.4 Å². The molecular formula is C12H19N3O5. The molecule has 0 amide bonds. The van der Waals surface area contributed by atoms with Gasteiger partial charge in [0, 0.05) is 18.8 Å². The van der Waals surface area contributed by atoms with Crippen LogP contribution < -0.4 is 0 Å². The van der Waals surface area contributed by atoms with Gasteiger partial charge in [0.15, 0.2) is 6.10 Å². The zero-order chi connectivity index (χ0) is 15.3. The van der Waals surface area contributed by atoms with Gasteiger partial charge in [-0.05, 0) is 18.4 Å². The normalized spacial score (nSPS) is 27.5. The molecule has 0 aliphatic carbocycles. The van der Waals surface area contributed by atoms with E-state index in [1.165, 1.54) is 13.8 Å². The summed E-state index contributed by atoms with van der Waals surface area (Å²) < 4.78 is 15.9. The number of hydrogen-bond acceptors (Lipinski definition) is 6. The van der Waals surface area contributed by atoms with E-state index >= 15 is 0 Å². The highest BCUT2D eigenvalue weighted by atomic mass is 16.7. The molecule has 8 nitrogen and oxygen atoms in total. The lowest BCUT2D eigenvalue weighted by Crippen LogP contribution is -2.42. The van der Waals surface area contributed by atoms with E-state index in [1.807, 2.05) is 13.8 Å². The van der Waals surface area contributed by atoms with Crippen molar-refractivity contribution < 1.29 is 23.8 Å². The number of carbonyl (C=O) groups is 2. The second-order valence-electron chi connectivity index (χ2n) is 4.59. The summed E-state index contributed by atoms with van der Waals surface area (Å²) in [5.41, 5.74) is 7.91. The van der Waals surface area contributed by atoms with E-state index in [9.17, 15) is 9.59 Å². The lowest BCUT2D eigenvalue weighted by atomic mass is 9.88. The van der Waals surface area contributed by atoms with Gasteiger partial charge in [0.1, 0.15) is 6.04 Å². The van der Waals surface area contributed by atoms with Gasteiger partial charge in [0.2, 0.25) is 6.29 Å². The number of ether oxygens (including phenoxy) is 3. The Kier molecular flexibility index (Phi) is 5.35. The summed E-state index contributed by atoms with van der Waals surface area (Å²) in [7, 11) is 0. The molecule has 0 spiro atoms. The molecule has 0 radical (unpaired) electrons. The largest absolute Gasteiger partial charge is 0.455 e. The van der Waals surface area contributed by atoms with Crippen molar-refractivity contribution in [1.82, 2.24) is 0 Å². The number of hydrogen-bond donors (Lipinski definition) is 0. The average Bonchev–Trinajstić information content (AvgIpc) is 2.64. The van der Waals surface area contributed by atoms with E-state index in [0.29, 0.717) is 12.8 Å². The molecule has 0 aromatic rings. The van der Waals surface area contributed by atoms with Gasteiger partial charge in [0.25, 0.3) is 0 Å². The Hall–Kier alpha value is -1.79. The van der Waals surface area contributed by atoms with Crippen molar-refractivity contribution in [3.8, 4) is 0 Å². The molecule has 0 aromatic heterocycles. The summed E-state index contributed by atoms with van der Waals surface area (Å²) in [6.45, 7) is 6.19. The van der Waals surface area contributed by atoms with Crippen LogP contribution >= 0.6 is 0 Å². The van der Waals surface area contributed by atoms with E-state index < -0.39 is 36.0 Å². The number of rotatable bonds is 5. The number of azide groups is 1. The lowest BCUT2D eigenvalue weighted by Gasteiger charge is -2.29. The molecule has 1 fully saturated rings. The fraction of sp³-hybridized carbons (Fsp3) is 0.833. The summed E-state index contributed by atoms with van der Waals surface area (Å²) in [5, 5.41) is 3.70. The maximum absolute atomic E-state index is 11.2. The molecule has 1 unspecified atom stereocenters. The van der Waals surface area contributed by atoms with E-state index in [2.05, 4.69) is 10.0 Å². The summed E-state index contributed by atoms with van der Waals surface area (Å²) in [6.07, 6.45) is -0.940. The Morgan fingerprint density at radius 1 is 1.25 bits per heavy atom. The average molecular weight is 285 g/mol. The van der Waals surface area contributed by atoms with Crippen LogP contribution in [-0.2, 0) is 23.8 Å². The number of esters is 2. The van der Waals surface area contributed by atoms with Crippen LogP contribution in [0.15, 0.2) is 5.11 Å². The summed E-state index contributed by atoms with van der Waals surface area (Å²) in [6, 6.07) is -0.740. The third-order valence-electron chi connectivity index (χ3n) is 3.43. The van der Waals surface area contributed by atoms with Gasteiger partial charge in [0.05, 0.1) is 5.60 Å². The fourth-order valence-electron chi connectivity index (χ4n) is 2.44. The van der Waals surface area contributed by atoms with Crippen molar-refractivity contribution >= 4 is 11.9 Å². The highest BCUT2D eigenvalue weighted by Crippen LogP contribution is 2.40. The fourth-order valence-corrected chi connectivity index (χ4v) is 2.44. The molecule has 1 heterocycles. The van der Waals surface area contributed by atoms with Crippen molar-refractivity contribution in [2.24, 2.45) is 5.11 Å². The van der Waals surface area contributed by atoms with E-state index in [4.69, 9.17) is 19.7 Å². The standard InChI is InChI=1S/C12H19N3O5/c1-5-12(6-2)10(14-15-13)9(18-7(3)16)11(20-12)19-8(4)17/h9-11H,5-6H2,1-4H3/t9-,10+,11?/m1/s1. The molecule has 0 bridgehead atoms. The zero-order valence-corrected chi connectivity index (χ0v) is 12.0. The first kappa shape index (κ1) is 16.3. The first-order chi connectivity index (χ1) is 9.40. The second kappa shape index (κ2) is 6.58. The van der Waals surface area contributed by atoms with Gasteiger partial charge in [-0.3, -0.25) is 9.59 Å². The van der Waals surface area contributed by atoms with Crippen LogP contribution in [0.5, 0.6) is 0 Å². The molecule has 3 atom stereocenters. The zero-order valence-electron chi connectivity index (χ0n) is 12.0. The van der Waals surface area contributed by atoms with Gasteiger partial charge < -0.3 is 14.2 Å². The minimum Gasteiger partial charge on any atom is -0.455 e. The molecule has 0 aromatic carbocycles. The third-order valence-corrected chi connectivity index (χ3v) is 3.43. The van der Waals surface area contributed by atoms with Crippen molar-refractivity contribution in [2.45, 2.75) is 64.6 Å². The molecule has 1 aliphatic heterocycles. The smallest absolute Gasteiger partial charge is 0.305 e. The molecule has 1 rings (SSSR count). The highest BCUT2D eigenvalue weighted by Gasteiger charge is 2.56. The topological polar surface area (TPSA) is 111 Å². The first-order valence-electron chi connectivity index (χ1n) is 6.46. The highest BCUT2D eigenvalue weighted by molar-refractivity contribution is 5.67. The Morgan fingerprint density at radius 2 is 1.80 bits per heavy atom. The first-order valence-corrected chi connectivity index (χ1v) is 6.46. The third kappa shape index (κ3) is 3.20. The molecule has 20 heavy (non-hydrogen) atoms. The van der Waals surface area contributed by atoms with E-state index in [-0.39, 0.29) is 0 Å². The Balaban J connectivity index is 3.16. The molecule has 0 saturated carbocycles. The Morgan fingerprint density at radius 3 is 2.20 bits per heavy atom. The van der Waals surface area contributed by atoms with Gasteiger partial charge in [-0.25, -0.2) is 0 Å². The number of carbonyl (C=O) groups excluding carboxylic acids is 2. The minimum atomic E-state index is -1.06. The Labute approximate surface area is 117 Å². The van der Waals surface area contributed by atoms with Crippen LogP contribution in [-0.4, -0.2) is 36.0 Å². The van der Waals surface area contributed by atoms with E-state index in [1.54, 1.807) is 0 Å². The number of nitrogens with zero attached hydrogens (tertiary/aromatic N) is 3. The minimum absolute atomic E-state index is 0.530. The van der Waals surface area contributed by atoms with Crippen LogP contribution in [0.4, 0.5) is 0 Å². The van der Waals surface area contributed by atoms with E-state index in [0.717, 1.165) is 0 Å². The van der Waals surface area contributed by atoms with Crippen LogP contribution in [0, 0.1) is 0 Å². The Bertz CT molecular complexity index is 429. The van der Waals surface area contributed by atoms with Crippen LogP contribution in [0.2, 0.25) is 0 Å². The lowest BCUT2D eigenvalue weighted by molar-refractivity contribution is -0.205. The SMILES string of the molecule is CCC1(CC)OC(OC(C)=O)[C@H](OC(C)=O)[C@@H]1N=[N+]=[N-]. The van der Waals surface area contributed by atoms with Gasteiger partial charge in [-0.15, -0.1) is 0 Å². The van der Waals surface area contributed by atoms with Gasteiger partial charge in [-0.1, -0.05) is 19.0 Å². The monoisotopic (exact) mass is 285 g/mol. The quantitative estimate of drug-likeness (QED) is 0.332. The molecule has 1 aliphatic rings. The molecule has 8 heteroatoms.